The van der Waals surface area contributed by atoms with E-state index in [0.29, 0.717) is 5.56 Å². The van der Waals surface area contributed by atoms with Gasteiger partial charge in [0.2, 0.25) is 0 Å². The average molecular weight is 276 g/mol. The van der Waals surface area contributed by atoms with E-state index in [4.69, 9.17) is 22.0 Å². The first kappa shape index (κ1) is 14.2. The van der Waals surface area contributed by atoms with E-state index < -0.39 is 19.0 Å². The van der Waals surface area contributed by atoms with Crippen LogP contribution in [-0.2, 0) is 17.1 Å². The molecule has 0 unspecified atom stereocenters. The van der Waals surface area contributed by atoms with Crippen LogP contribution in [0.5, 0.6) is 5.75 Å². The zero-order valence-electron chi connectivity index (χ0n) is 8.99. The van der Waals surface area contributed by atoms with Gasteiger partial charge < -0.3 is 9.84 Å². The van der Waals surface area contributed by atoms with E-state index in [2.05, 4.69) is 4.74 Å². The van der Waals surface area contributed by atoms with Crippen molar-refractivity contribution in [1.29, 1.82) is 5.26 Å². The van der Waals surface area contributed by atoms with Crippen LogP contribution in [0.1, 0.15) is 16.7 Å². The molecule has 0 aliphatic heterocycles. The van der Waals surface area contributed by atoms with Gasteiger partial charge in [-0.05, 0) is 17.2 Å². The summed E-state index contributed by atoms with van der Waals surface area (Å²) in [5.41, 5.74) is 0.285. The minimum Gasteiger partial charge on any atom is -0.481 e. The SMILES string of the molecule is N#Cc1c(CC(=O)O)cc(CCl)cc1OC(F)F. The van der Waals surface area contributed by atoms with Crippen molar-refractivity contribution in [1.82, 2.24) is 0 Å². The molecule has 0 aromatic heterocycles. The number of benzene rings is 1. The van der Waals surface area contributed by atoms with E-state index in [1.54, 1.807) is 6.07 Å². The van der Waals surface area contributed by atoms with Gasteiger partial charge in [0.1, 0.15) is 11.8 Å². The first-order chi connectivity index (χ1) is 8.47. The molecule has 7 heteroatoms. The second-order valence-corrected chi connectivity index (χ2v) is 3.59. The first-order valence-corrected chi connectivity index (χ1v) is 5.29. The maximum atomic E-state index is 12.2. The number of carboxylic acid groups (broad SMARTS) is 1. The molecule has 0 aliphatic rings. The summed E-state index contributed by atoms with van der Waals surface area (Å²) in [5, 5.41) is 17.6. The fourth-order valence-electron chi connectivity index (χ4n) is 1.43. The Hall–Kier alpha value is -1.87. The summed E-state index contributed by atoms with van der Waals surface area (Å²) in [4.78, 5) is 10.6. The molecule has 96 valence electrons. The number of aliphatic carboxylic acids is 1. The van der Waals surface area contributed by atoms with Gasteiger partial charge >= 0.3 is 12.6 Å². The Labute approximate surface area is 106 Å². The van der Waals surface area contributed by atoms with E-state index in [9.17, 15) is 13.6 Å². The van der Waals surface area contributed by atoms with Crippen LogP contribution in [0.4, 0.5) is 8.78 Å². The number of carbonyl (C=O) groups is 1. The van der Waals surface area contributed by atoms with Gasteiger partial charge in [0, 0.05) is 5.88 Å². The molecule has 1 rings (SSSR count). The van der Waals surface area contributed by atoms with Crippen LogP contribution in [0.25, 0.3) is 0 Å². The van der Waals surface area contributed by atoms with E-state index in [1.165, 1.54) is 12.1 Å². The lowest BCUT2D eigenvalue weighted by atomic mass is 10.0. The molecular weight excluding hydrogens is 268 g/mol. The summed E-state index contributed by atoms with van der Waals surface area (Å²) >= 11 is 5.57. The van der Waals surface area contributed by atoms with Crippen LogP contribution in [0.15, 0.2) is 12.1 Å². The highest BCUT2D eigenvalue weighted by molar-refractivity contribution is 6.17. The van der Waals surface area contributed by atoms with E-state index in [1.807, 2.05) is 0 Å². The Kier molecular flexibility index (Phi) is 4.86. The largest absolute Gasteiger partial charge is 0.481 e. The molecule has 0 aliphatic carbocycles. The van der Waals surface area contributed by atoms with Gasteiger partial charge in [0.05, 0.1) is 12.0 Å². The maximum absolute atomic E-state index is 12.2. The Morgan fingerprint density at radius 3 is 2.67 bits per heavy atom. The predicted molar refractivity (Wildman–Crippen MR) is 58.7 cm³/mol. The Morgan fingerprint density at radius 2 is 2.22 bits per heavy atom. The average Bonchev–Trinajstić information content (AvgIpc) is 2.27. The van der Waals surface area contributed by atoms with Gasteiger partial charge in [0.25, 0.3) is 0 Å². The second-order valence-electron chi connectivity index (χ2n) is 3.32. The quantitative estimate of drug-likeness (QED) is 0.838. The summed E-state index contributed by atoms with van der Waals surface area (Å²) in [6, 6.07) is 4.25. The third-order valence-corrected chi connectivity index (χ3v) is 2.38. The summed E-state index contributed by atoms with van der Waals surface area (Å²) in [5.74, 6) is -1.54. The summed E-state index contributed by atoms with van der Waals surface area (Å²) in [7, 11) is 0. The van der Waals surface area contributed by atoms with Crippen LogP contribution < -0.4 is 4.74 Å². The monoisotopic (exact) mass is 275 g/mol. The number of nitrogens with zero attached hydrogens (tertiary/aromatic N) is 1. The van der Waals surface area contributed by atoms with Crippen LogP contribution in [0.3, 0.4) is 0 Å². The molecule has 0 atom stereocenters. The smallest absolute Gasteiger partial charge is 0.387 e. The molecule has 0 bridgehead atoms. The summed E-state index contributed by atoms with van der Waals surface area (Å²) in [6.07, 6.45) is -0.465. The van der Waals surface area contributed by atoms with E-state index >= 15 is 0 Å². The van der Waals surface area contributed by atoms with Gasteiger partial charge in [-0.2, -0.15) is 14.0 Å². The zero-order chi connectivity index (χ0) is 13.7. The molecule has 1 N–H and O–H groups in total. The number of halogens is 3. The molecule has 0 saturated heterocycles. The Bertz CT molecular complexity index is 500. The molecule has 0 heterocycles. The third-order valence-electron chi connectivity index (χ3n) is 2.07. The van der Waals surface area contributed by atoms with Crippen molar-refractivity contribution < 1.29 is 23.4 Å². The predicted octanol–water partition coefficient (Wildman–Crippen LogP) is 2.53. The number of hydrogen-bond donors (Lipinski definition) is 1. The van der Waals surface area contributed by atoms with E-state index in [0.717, 1.165) is 0 Å². The van der Waals surface area contributed by atoms with Crippen LogP contribution >= 0.6 is 11.6 Å². The lowest BCUT2D eigenvalue weighted by Crippen LogP contribution is -2.08. The molecule has 1 aromatic carbocycles. The van der Waals surface area contributed by atoms with Crippen LogP contribution in [0.2, 0.25) is 0 Å². The first-order valence-electron chi connectivity index (χ1n) is 4.76. The number of carboxylic acids is 1. The Morgan fingerprint density at radius 1 is 1.56 bits per heavy atom. The number of alkyl halides is 3. The van der Waals surface area contributed by atoms with Crippen molar-refractivity contribution in [3.63, 3.8) is 0 Å². The van der Waals surface area contributed by atoms with E-state index in [-0.39, 0.29) is 22.8 Å². The van der Waals surface area contributed by atoms with Crippen molar-refractivity contribution in [2.24, 2.45) is 0 Å². The van der Waals surface area contributed by atoms with Crippen molar-refractivity contribution in [2.45, 2.75) is 18.9 Å². The molecule has 0 spiro atoms. The zero-order valence-corrected chi connectivity index (χ0v) is 9.75. The molecule has 0 fully saturated rings. The molecule has 1 aromatic rings. The molecule has 0 saturated carbocycles. The standard InChI is InChI=1S/C11H8ClF2NO3/c12-4-6-1-7(3-10(16)17)8(5-15)9(2-6)18-11(13)14/h1-2,11H,3-4H2,(H,16,17). The highest BCUT2D eigenvalue weighted by Gasteiger charge is 2.17. The summed E-state index contributed by atoms with van der Waals surface area (Å²) in [6.45, 7) is -3.10. The van der Waals surface area contributed by atoms with Crippen molar-refractivity contribution >= 4 is 17.6 Å². The second kappa shape index (κ2) is 6.17. The van der Waals surface area contributed by atoms with Gasteiger partial charge in [-0.15, -0.1) is 11.6 Å². The van der Waals surface area contributed by atoms with Gasteiger partial charge in [-0.3, -0.25) is 4.79 Å². The van der Waals surface area contributed by atoms with Gasteiger partial charge in [-0.25, -0.2) is 0 Å². The van der Waals surface area contributed by atoms with Gasteiger partial charge in [0.15, 0.2) is 0 Å². The molecule has 18 heavy (non-hydrogen) atoms. The lowest BCUT2D eigenvalue weighted by Gasteiger charge is -2.11. The van der Waals surface area contributed by atoms with Crippen molar-refractivity contribution in [3.05, 3.63) is 28.8 Å². The number of nitriles is 1. The molecule has 4 nitrogen and oxygen atoms in total. The van der Waals surface area contributed by atoms with Crippen molar-refractivity contribution in [2.75, 3.05) is 0 Å². The molecule has 0 amide bonds. The highest BCUT2D eigenvalue weighted by atomic mass is 35.5. The topological polar surface area (TPSA) is 70.3 Å². The summed E-state index contributed by atoms with van der Waals surface area (Å²) < 4.78 is 28.6. The Balaban J connectivity index is 3.31. The normalized spacial score (nSPS) is 10.2. The van der Waals surface area contributed by atoms with Crippen LogP contribution in [0, 0.1) is 11.3 Å². The minimum absolute atomic E-state index is 0.00206. The van der Waals surface area contributed by atoms with Crippen LogP contribution in [-0.4, -0.2) is 17.7 Å². The molecule has 0 radical (unpaired) electrons. The third kappa shape index (κ3) is 3.57. The minimum atomic E-state index is -3.10. The fourth-order valence-corrected chi connectivity index (χ4v) is 1.59. The number of ether oxygens (including phenoxy) is 1. The van der Waals surface area contributed by atoms with Crippen molar-refractivity contribution in [3.8, 4) is 11.8 Å². The number of hydrogen-bond acceptors (Lipinski definition) is 3. The maximum Gasteiger partial charge on any atom is 0.387 e. The number of rotatable bonds is 5. The lowest BCUT2D eigenvalue weighted by molar-refractivity contribution is -0.136. The fraction of sp³-hybridized carbons (Fsp3) is 0.273. The van der Waals surface area contributed by atoms with Gasteiger partial charge in [-0.1, -0.05) is 6.07 Å². The highest BCUT2D eigenvalue weighted by Crippen LogP contribution is 2.27. The molecular formula is C11H8ClF2NO3.